The van der Waals surface area contributed by atoms with Crippen molar-refractivity contribution in [3.8, 4) is 11.5 Å². The molecule has 0 saturated heterocycles. The van der Waals surface area contributed by atoms with Crippen molar-refractivity contribution < 1.29 is 27.9 Å². The molecular weight excluding hydrogens is 480 g/mol. The van der Waals surface area contributed by atoms with Gasteiger partial charge in [-0.1, -0.05) is 0 Å². The maximum atomic E-state index is 14.9. The summed E-state index contributed by atoms with van der Waals surface area (Å²) in [6, 6.07) is 14.2. The number of hydrogen-bond donors (Lipinski definition) is 2. The number of pyridine rings is 1. The van der Waals surface area contributed by atoms with Crippen molar-refractivity contribution in [1.82, 2.24) is 4.98 Å². The number of aryl methyl sites for hydroxylation is 1. The number of hydrogen-bond acceptors (Lipinski definition) is 5. The predicted molar refractivity (Wildman–Crippen MR) is 134 cm³/mol. The van der Waals surface area contributed by atoms with Gasteiger partial charge >= 0.3 is 0 Å². The van der Waals surface area contributed by atoms with E-state index in [1.54, 1.807) is 25.1 Å². The van der Waals surface area contributed by atoms with Gasteiger partial charge in [-0.15, -0.1) is 0 Å². The fraction of sp³-hybridized carbons (Fsp3) is 0.143. The number of rotatable bonds is 7. The number of benzene rings is 3. The number of ether oxygens (including phenoxy) is 1. The summed E-state index contributed by atoms with van der Waals surface area (Å²) in [4.78, 5) is 41.1. The monoisotopic (exact) mass is 501 g/mol. The van der Waals surface area contributed by atoms with Crippen LogP contribution in [0.3, 0.4) is 0 Å². The highest BCUT2D eigenvalue weighted by Gasteiger charge is 2.56. The van der Waals surface area contributed by atoms with E-state index in [9.17, 15) is 23.2 Å². The van der Waals surface area contributed by atoms with E-state index in [-0.39, 0.29) is 11.4 Å². The first-order valence-corrected chi connectivity index (χ1v) is 11.5. The molecule has 1 saturated carbocycles. The zero-order valence-corrected chi connectivity index (χ0v) is 19.7. The lowest BCUT2D eigenvalue weighted by molar-refractivity contribution is -0.131. The first kappa shape index (κ1) is 24.1. The molecule has 0 unspecified atom stereocenters. The Morgan fingerprint density at radius 3 is 2.24 bits per heavy atom. The number of fused-ring (bicyclic) bond motifs is 1. The number of nitrogens with zero attached hydrogens (tertiary/aromatic N) is 1. The van der Waals surface area contributed by atoms with E-state index in [4.69, 9.17) is 4.74 Å². The van der Waals surface area contributed by atoms with Gasteiger partial charge in [-0.3, -0.25) is 19.4 Å². The molecule has 1 heterocycles. The van der Waals surface area contributed by atoms with Crippen molar-refractivity contribution in [3.63, 3.8) is 0 Å². The molecule has 7 nitrogen and oxygen atoms in total. The third kappa shape index (κ3) is 4.75. The topological polar surface area (TPSA) is 97.4 Å². The molecule has 186 valence electrons. The van der Waals surface area contributed by atoms with Crippen LogP contribution in [0, 0.1) is 24.0 Å². The zero-order valence-electron chi connectivity index (χ0n) is 19.7. The molecule has 2 N–H and O–H groups in total. The minimum Gasteiger partial charge on any atom is -0.454 e. The minimum atomic E-state index is -1.27. The number of anilines is 2. The Bertz CT molecular complexity index is 1550. The van der Waals surface area contributed by atoms with Crippen molar-refractivity contribution in [3.05, 3.63) is 89.6 Å². The van der Waals surface area contributed by atoms with Crippen LogP contribution in [-0.2, 0) is 9.59 Å². The lowest BCUT2D eigenvalue weighted by Gasteiger charge is -2.16. The molecule has 1 fully saturated rings. The Morgan fingerprint density at radius 2 is 1.59 bits per heavy atom. The number of carbonyl (C=O) groups is 3. The first-order valence-electron chi connectivity index (χ1n) is 11.5. The Labute approximate surface area is 210 Å². The Kier molecular flexibility index (Phi) is 6.12. The summed E-state index contributed by atoms with van der Waals surface area (Å²) in [5.74, 6) is -1.93. The van der Waals surface area contributed by atoms with Crippen LogP contribution in [0.1, 0.15) is 28.8 Å². The quantitative estimate of drug-likeness (QED) is 0.247. The molecule has 3 aromatic carbocycles. The standard InChI is InChI=1S/C28H21F2N3O4/c1-16-12-21-23(13-17(16)15-34)31-11-8-24(21)37-25-7-6-20(14-22(25)30)33-27(36)28(9-10-28)26(35)32-19-4-2-18(29)3-5-19/h2-8,11-15H,9-10H2,1H3,(H,32,35)(H,33,36). The van der Waals surface area contributed by atoms with Gasteiger partial charge in [0.1, 0.15) is 23.3 Å². The molecule has 0 aliphatic heterocycles. The molecule has 4 aromatic rings. The van der Waals surface area contributed by atoms with Crippen LogP contribution in [0.5, 0.6) is 11.5 Å². The van der Waals surface area contributed by atoms with Crippen LogP contribution in [0.15, 0.2) is 66.9 Å². The zero-order chi connectivity index (χ0) is 26.2. The third-order valence-electron chi connectivity index (χ3n) is 6.35. The number of carbonyl (C=O) groups excluding carboxylic acids is 3. The molecule has 37 heavy (non-hydrogen) atoms. The highest BCUT2D eigenvalue weighted by Crippen LogP contribution is 2.47. The van der Waals surface area contributed by atoms with E-state index >= 15 is 0 Å². The van der Waals surface area contributed by atoms with Gasteiger partial charge in [0.15, 0.2) is 11.6 Å². The van der Waals surface area contributed by atoms with Crippen LogP contribution >= 0.6 is 0 Å². The number of aldehydes is 1. The van der Waals surface area contributed by atoms with Crippen LogP contribution in [0.25, 0.3) is 10.9 Å². The molecule has 0 atom stereocenters. The van der Waals surface area contributed by atoms with Gasteiger partial charge in [0.05, 0.1) is 5.52 Å². The van der Waals surface area contributed by atoms with Crippen LogP contribution in [0.2, 0.25) is 0 Å². The van der Waals surface area contributed by atoms with Gasteiger partial charge < -0.3 is 15.4 Å². The number of halogens is 2. The smallest absolute Gasteiger partial charge is 0.240 e. The summed E-state index contributed by atoms with van der Waals surface area (Å²) in [7, 11) is 0. The van der Waals surface area contributed by atoms with E-state index in [0.717, 1.165) is 17.9 Å². The molecule has 1 aliphatic rings. The molecule has 0 spiro atoms. The Hall–Kier alpha value is -4.66. The average molecular weight is 501 g/mol. The molecule has 5 rings (SSSR count). The minimum absolute atomic E-state index is 0.0715. The molecule has 0 bridgehead atoms. The normalized spacial score (nSPS) is 13.6. The molecule has 2 amide bonds. The Balaban J connectivity index is 1.30. The van der Waals surface area contributed by atoms with E-state index < -0.39 is 28.9 Å². The van der Waals surface area contributed by atoms with Crippen molar-refractivity contribution >= 4 is 40.4 Å². The Morgan fingerprint density at radius 1 is 0.919 bits per heavy atom. The largest absolute Gasteiger partial charge is 0.454 e. The summed E-state index contributed by atoms with van der Waals surface area (Å²) in [5, 5.41) is 5.85. The summed E-state index contributed by atoms with van der Waals surface area (Å²) in [6.45, 7) is 1.78. The summed E-state index contributed by atoms with van der Waals surface area (Å²) in [6.07, 6.45) is 2.93. The van der Waals surface area contributed by atoms with Gasteiger partial charge in [0.25, 0.3) is 0 Å². The van der Waals surface area contributed by atoms with E-state index in [1.165, 1.54) is 42.6 Å². The molecule has 9 heteroatoms. The van der Waals surface area contributed by atoms with Crippen LogP contribution in [-0.4, -0.2) is 23.1 Å². The van der Waals surface area contributed by atoms with Crippen LogP contribution < -0.4 is 15.4 Å². The van der Waals surface area contributed by atoms with Crippen molar-refractivity contribution in [2.75, 3.05) is 10.6 Å². The second kappa shape index (κ2) is 9.42. The van der Waals surface area contributed by atoms with Crippen molar-refractivity contribution in [2.24, 2.45) is 5.41 Å². The molecule has 1 aromatic heterocycles. The fourth-order valence-electron chi connectivity index (χ4n) is 4.00. The van der Waals surface area contributed by atoms with Crippen molar-refractivity contribution in [1.29, 1.82) is 0 Å². The van der Waals surface area contributed by atoms with Gasteiger partial charge in [-0.05, 0) is 79.9 Å². The van der Waals surface area contributed by atoms with Crippen LogP contribution in [0.4, 0.5) is 20.2 Å². The maximum absolute atomic E-state index is 14.9. The average Bonchev–Trinajstić information content (AvgIpc) is 3.69. The number of aromatic nitrogens is 1. The number of nitrogens with one attached hydrogen (secondary N) is 2. The number of amides is 2. The van der Waals surface area contributed by atoms with Gasteiger partial charge in [0, 0.05) is 34.6 Å². The SMILES string of the molecule is Cc1cc2c(Oc3ccc(NC(=O)C4(C(=O)Nc5ccc(F)cc5)CC4)cc3F)ccnc2cc1C=O. The van der Waals surface area contributed by atoms with Crippen molar-refractivity contribution in [2.45, 2.75) is 19.8 Å². The molecule has 1 aliphatic carbocycles. The highest BCUT2D eigenvalue weighted by molar-refractivity contribution is 6.16. The van der Waals surface area contributed by atoms with E-state index in [2.05, 4.69) is 15.6 Å². The lowest BCUT2D eigenvalue weighted by atomic mass is 10.0. The predicted octanol–water partition coefficient (Wildman–Crippen LogP) is 5.78. The van der Waals surface area contributed by atoms with Gasteiger partial charge in [0.2, 0.25) is 11.8 Å². The molecular formula is C28H21F2N3O4. The highest BCUT2D eigenvalue weighted by atomic mass is 19.1. The van der Waals surface area contributed by atoms with Gasteiger partial charge in [-0.2, -0.15) is 0 Å². The lowest BCUT2D eigenvalue weighted by Crippen LogP contribution is -2.35. The van der Waals surface area contributed by atoms with E-state index in [1.807, 2.05) is 0 Å². The van der Waals surface area contributed by atoms with E-state index in [0.29, 0.717) is 40.7 Å². The second-order valence-electron chi connectivity index (χ2n) is 8.90. The summed E-state index contributed by atoms with van der Waals surface area (Å²) >= 11 is 0. The second-order valence-corrected chi connectivity index (χ2v) is 8.90. The third-order valence-corrected chi connectivity index (χ3v) is 6.35. The first-order chi connectivity index (χ1) is 17.8. The summed E-state index contributed by atoms with van der Waals surface area (Å²) < 4.78 is 33.8. The fourth-order valence-corrected chi connectivity index (χ4v) is 4.00. The summed E-state index contributed by atoms with van der Waals surface area (Å²) in [5.41, 5.74) is 1.04. The van der Waals surface area contributed by atoms with Gasteiger partial charge in [-0.25, -0.2) is 8.78 Å². The maximum Gasteiger partial charge on any atom is 0.240 e. The molecule has 0 radical (unpaired) electrons.